The fraction of sp³-hybridized carbons (Fsp3) is 0.211. The van der Waals surface area contributed by atoms with Crippen LogP contribution in [0.15, 0.2) is 59.1 Å². The molecule has 9 nitrogen and oxygen atoms in total. The third kappa shape index (κ3) is 4.81. The van der Waals surface area contributed by atoms with Crippen LogP contribution in [-0.4, -0.2) is 49.4 Å². The van der Waals surface area contributed by atoms with E-state index in [1.54, 1.807) is 0 Å². The molecule has 1 N–H and O–H groups in total. The summed E-state index contributed by atoms with van der Waals surface area (Å²) in [6, 6.07) is 14.5. The van der Waals surface area contributed by atoms with E-state index in [1.165, 1.54) is 32.3 Å². The smallest absolute Gasteiger partial charge is 0.304 e. The molecule has 11 heteroatoms. The Hall–Kier alpha value is -3.31. The molecule has 0 saturated heterocycles. The first-order chi connectivity index (χ1) is 14.3. The van der Waals surface area contributed by atoms with Gasteiger partial charge in [0.25, 0.3) is 0 Å². The second-order valence-corrected chi connectivity index (χ2v) is 8.47. The monoisotopic (exact) mass is 433 g/mol. The molecular formula is C19H20FN5O4S. The summed E-state index contributed by atoms with van der Waals surface area (Å²) in [7, 11) is -1.52. The van der Waals surface area contributed by atoms with Crippen molar-refractivity contribution in [1.82, 2.24) is 19.8 Å². The van der Waals surface area contributed by atoms with Crippen molar-refractivity contribution in [2.24, 2.45) is 0 Å². The average Bonchev–Trinajstić information content (AvgIpc) is 3.21. The molecule has 1 heterocycles. The number of amides is 1. The topological polar surface area (TPSA) is 109 Å². The highest BCUT2D eigenvalue weighted by Gasteiger charge is 2.29. The van der Waals surface area contributed by atoms with E-state index < -0.39 is 28.5 Å². The molecule has 0 unspecified atom stereocenters. The number of nitrogens with zero attached hydrogens (tertiary/aromatic N) is 4. The van der Waals surface area contributed by atoms with Crippen LogP contribution in [0.25, 0.3) is 11.4 Å². The van der Waals surface area contributed by atoms with Gasteiger partial charge in [-0.3, -0.25) is 4.79 Å². The normalized spacial score (nSPS) is 11.5. The number of hydrogen-bond acceptors (Lipinski definition) is 6. The summed E-state index contributed by atoms with van der Waals surface area (Å²) in [5.74, 6) is -0.915. The van der Waals surface area contributed by atoms with Crippen LogP contribution in [0.2, 0.25) is 0 Å². The maximum absolute atomic E-state index is 14.2. The summed E-state index contributed by atoms with van der Waals surface area (Å²) in [6.45, 7) is -0.729. The molecule has 0 bridgehead atoms. The Labute approximate surface area is 173 Å². The van der Waals surface area contributed by atoms with Crippen molar-refractivity contribution >= 4 is 21.8 Å². The predicted octanol–water partition coefficient (Wildman–Crippen LogP) is 1.80. The number of para-hydroxylation sites is 1. The van der Waals surface area contributed by atoms with Gasteiger partial charge in [-0.05, 0) is 12.1 Å². The maximum atomic E-state index is 14.2. The van der Waals surface area contributed by atoms with Gasteiger partial charge in [-0.2, -0.15) is 17.7 Å². The molecule has 0 aliphatic carbocycles. The van der Waals surface area contributed by atoms with Crippen molar-refractivity contribution in [2.75, 3.05) is 24.9 Å². The largest absolute Gasteiger partial charge is 0.345 e. The Kier molecular flexibility index (Phi) is 6.43. The fourth-order valence-electron chi connectivity index (χ4n) is 2.53. The lowest BCUT2D eigenvalue weighted by Crippen LogP contribution is -2.46. The van der Waals surface area contributed by atoms with Gasteiger partial charge >= 0.3 is 10.2 Å². The minimum atomic E-state index is -4.11. The molecule has 0 aliphatic heterocycles. The van der Waals surface area contributed by atoms with Crippen molar-refractivity contribution in [3.8, 4) is 11.4 Å². The van der Waals surface area contributed by atoms with Crippen molar-refractivity contribution < 1.29 is 22.1 Å². The Morgan fingerprint density at radius 2 is 1.77 bits per heavy atom. The van der Waals surface area contributed by atoms with Gasteiger partial charge in [0.15, 0.2) is 0 Å². The van der Waals surface area contributed by atoms with Crippen LogP contribution in [0.1, 0.15) is 5.89 Å². The molecule has 0 saturated carbocycles. The molecular weight excluding hydrogens is 413 g/mol. The summed E-state index contributed by atoms with van der Waals surface area (Å²) in [6.07, 6.45) is 0. The second-order valence-electron chi connectivity index (χ2n) is 6.40. The second kappa shape index (κ2) is 9.01. The molecule has 0 fully saturated rings. The van der Waals surface area contributed by atoms with Crippen LogP contribution in [0.5, 0.6) is 0 Å². The number of carbonyl (C=O) groups is 1. The third-order valence-electron chi connectivity index (χ3n) is 4.09. The molecule has 3 aromatic rings. The van der Waals surface area contributed by atoms with E-state index in [0.29, 0.717) is 10.1 Å². The van der Waals surface area contributed by atoms with Crippen molar-refractivity contribution in [1.29, 1.82) is 0 Å². The van der Waals surface area contributed by atoms with Crippen molar-refractivity contribution in [3.05, 3.63) is 66.3 Å². The Morgan fingerprint density at radius 3 is 2.43 bits per heavy atom. The van der Waals surface area contributed by atoms with Gasteiger partial charge in [-0.15, -0.1) is 0 Å². The highest BCUT2D eigenvalue weighted by Crippen LogP contribution is 2.22. The highest BCUT2D eigenvalue weighted by atomic mass is 32.2. The third-order valence-corrected chi connectivity index (χ3v) is 5.89. The quantitative estimate of drug-likeness (QED) is 0.580. The molecule has 2 aromatic carbocycles. The van der Waals surface area contributed by atoms with E-state index in [9.17, 15) is 17.6 Å². The Bertz CT molecular complexity index is 1120. The minimum Gasteiger partial charge on any atom is -0.345 e. The SMILES string of the molecule is CN(C)S(=O)(=O)N(CC(=O)NCc1nc(-c2ccccc2)no1)c1ccccc1F. The van der Waals surface area contributed by atoms with E-state index >= 15 is 0 Å². The van der Waals surface area contributed by atoms with Gasteiger partial charge in [-0.25, -0.2) is 8.70 Å². The molecule has 1 amide bonds. The van der Waals surface area contributed by atoms with E-state index in [1.807, 2.05) is 30.3 Å². The first-order valence-electron chi connectivity index (χ1n) is 8.88. The van der Waals surface area contributed by atoms with Crippen molar-refractivity contribution in [3.63, 3.8) is 0 Å². The molecule has 1 aromatic heterocycles. The standard InChI is InChI=1S/C19H20FN5O4S/c1-24(2)30(27,28)25(16-11-7-6-10-15(16)20)13-17(26)21-12-18-22-19(23-29-18)14-8-4-3-5-9-14/h3-11H,12-13H2,1-2H3,(H,21,26). The van der Waals surface area contributed by atoms with Gasteiger partial charge in [0.2, 0.25) is 17.6 Å². The number of benzene rings is 2. The van der Waals surface area contributed by atoms with Crippen LogP contribution in [0, 0.1) is 5.82 Å². The summed E-state index contributed by atoms with van der Waals surface area (Å²) in [5, 5.41) is 6.36. The molecule has 0 aliphatic rings. The first kappa shape index (κ1) is 21.4. The molecule has 30 heavy (non-hydrogen) atoms. The Morgan fingerprint density at radius 1 is 1.10 bits per heavy atom. The average molecular weight is 433 g/mol. The molecule has 0 spiro atoms. The zero-order chi connectivity index (χ0) is 21.7. The number of rotatable bonds is 8. The predicted molar refractivity (Wildman–Crippen MR) is 108 cm³/mol. The van der Waals surface area contributed by atoms with E-state index in [-0.39, 0.29) is 18.1 Å². The summed E-state index contributed by atoms with van der Waals surface area (Å²) in [4.78, 5) is 16.6. The number of hydrogen-bond donors (Lipinski definition) is 1. The van der Waals surface area contributed by atoms with Crippen LogP contribution in [0.4, 0.5) is 10.1 Å². The van der Waals surface area contributed by atoms with Crippen LogP contribution < -0.4 is 9.62 Å². The zero-order valence-corrected chi connectivity index (χ0v) is 17.1. The fourth-order valence-corrected chi connectivity index (χ4v) is 3.61. The molecule has 158 valence electrons. The van der Waals surface area contributed by atoms with Crippen molar-refractivity contribution in [2.45, 2.75) is 6.54 Å². The van der Waals surface area contributed by atoms with Gasteiger partial charge in [0, 0.05) is 19.7 Å². The summed E-state index contributed by atoms with van der Waals surface area (Å²) >= 11 is 0. The van der Waals surface area contributed by atoms with Crippen LogP contribution in [-0.2, 0) is 21.5 Å². The molecule has 3 rings (SSSR count). The van der Waals surface area contributed by atoms with E-state index in [2.05, 4.69) is 15.5 Å². The number of anilines is 1. The van der Waals surface area contributed by atoms with E-state index in [0.717, 1.165) is 15.9 Å². The number of halogens is 1. The van der Waals surface area contributed by atoms with Gasteiger partial charge in [-0.1, -0.05) is 47.6 Å². The van der Waals surface area contributed by atoms with E-state index in [4.69, 9.17) is 4.52 Å². The lowest BCUT2D eigenvalue weighted by atomic mass is 10.2. The summed E-state index contributed by atoms with van der Waals surface area (Å²) < 4.78 is 46.1. The van der Waals surface area contributed by atoms with Crippen LogP contribution >= 0.6 is 0 Å². The van der Waals surface area contributed by atoms with Gasteiger partial charge in [0.05, 0.1) is 12.2 Å². The Balaban J connectivity index is 1.71. The zero-order valence-electron chi connectivity index (χ0n) is 16.3. The number of nitrogens with one attached hydrogen (secondary N) is 1. The van der Waals surface area contributed by atoms with Gasteiger partial charge < -0.3 is 9.84 Å². The number of carbonyl (C=O) groups excluding carboxylic acids is 1. The first-order valence-corrected chi connectivity index (χ1v) is 10.3. The minimum absolute atomic E-state index is 0.105. The highest BCUT2D eigenvalue weighted by molar-refractivity contribution is 7.90. The summed E-state index contributed by atoms with van der Waals surface area (Å²) in [5.41, 5.74) is 0.520. The van der Waals surface area contributed by atoms with Crippen LogP contribution in [0.3, 0.4) is 0 Å². The van der Waals surface area contributed by atoms with Gasteiger partial charge in [0.1, 0.15) is 12.4 Å². The number of aromatic nitrogens is 2. The molecule has 0 radical (unpaired) electrons. The maximum Gasteiger partial charge on any atom is 0.304 e. The molecule has 0 atom stereocenters. The lowest BCUT2D eigenvalue weighted by Gasteiger charge is -2.27. The lowest BCUT2D eigenvalue weighted by molar-refractivity contribution is -0.119.